The number of nitrogens with two attached hydrogens (primary N) is 1. The average Bonchev–Trinajstić information content (AvgIpc) is 3.15. The molecule has 0 aromatic carbocycles. The van der Waals surface area contributed by atoms with Gasteiger partial charge in [-0.05, 0) is 12.5 Å². The monoisotopic (exact) mass is 577 g/mol. The molecule has 0 aliphatic carbocycles. The van der Waals surface area contributed by atoms with Crippen molar-refractivity contribution in [2.24, 2.45) is 0 Å². The van der Waals surface area contributed by atoms with Crippen LogP contribution in [0, 0.1) is 0 Å². The molecule has 4 atom stereocenters. The highest BCUT2D eigenvalue weighted by molar-refractivity contribution is 7.48. The largest absolute Gasteiger partial charge is 0.475 e. The van der Waals surface area contributed by atoms with Gasteiger partial charge in [-0.2, -0.15) is 13.8 Å². The van der Waals surface area contributed by atoms with E-state index in [0.29, 0.717) is 11.0 Å². The summed E-state index contributed by atoms with van der Waals surface area (Å²) in [6.45, 7) is 1.94. The second-order valence-electron chi connectivity index (χ2n) is 10.6. The van der Waals surface area contributed by atoms with Crippen molar-refractivity contribution in [3.05, 3.63) is 22.7 Å². The number of phosphoric acid groups is 1. The molecule has 39 heavy (non-hydrogen) atoms. The number of ether oxygens (including phenoxy) is 1. The molecule has 2 saturated heterocycles. The van der Waals surface area contributed by atoms with Crippen LogP contribution in [0.2, 0.25) is 0 Å². The van der Waals surface area contributed by atoms with Gasteiger partial charge in [-0.25, -0.2) is 9.36 Å². The number of hydrogen-bond acceptors (Lipinski definition) is 8. The minimum Gasteiger partial charge on any atom is -0.383 e. The second-order valence-corrected chi connectivity index (χ2v) is 12.3. The molecular weight excluding hydrogens is 531 g/mol. The number of unbranched alkanes of at least 4 members (excludes halogenated alkanes) is 15. The molecule has 0 bridgehead atoms. The first kappa shape index (κ1) is 32.1. The van der Waals surface area contributed by atoms with E-state index in [4.69, 9.17) is 24.0 Å². The lowest BCUT2D eigenvalue weighted by molar-refractivity contribution is -0.138. The number of aromatic nitrogens is 2. The summed E-state index contributed by atoms with van der Waals surface area (Å²) < 4.78 is 64.6. The number of fused-ring (bicyclic) bond motifs is 1. The molecule has 1 aromatic rings. The Hall–Kier alpha value is -1.39. The van der Waals surface area contributed by atoms with Crippen LogP contribution in [-0.2, 0) is 22.9 Å². The van der Waals surface area contributed by atoms with Crippen LogP contribution < -0.4 is 11.4 Å². The second kappa shape index (κ2) is 16.2. The van der Waals surface area contributed by atoms with Gasteiger partial charge in [-0.3, -0.25) is 18.1 Å². The average molecular weight is 578 g/mol. The highest BCUT2D eigenvalue weighted by Crippen LogP contribution is 2.59. The lowest BCUT2D eigenvalue weighted by atomic mass is 10.0. The molecule has 1 aromatic heterocycles. The summed E-state index contributed by atoms with van der Waals surface area (Å²) >= 11 is 0. The van der Waals surface area contributed by atoms with Gasteiger partial charge >= 0.3 is 19.4 Å². The van der Waals surface area contributed by atoms with E-state index in [1.165, 1.54) is 83.1 Å². The van der Waals surface area contributed by atoms with Crippen LogP contribution in [0.5, 0.6) is 0 Å². The van der Waals surface area contributed by atoms with Gasteiger partial charge in [0, 0.05) is 6.20 Å². The number of anilines is 1. The van der Waals surface area contributed by atoms with Crippen LogP contribution in [0.3, 0.4) is 0 Å². The van der Waals surface area contributed by atoms with Gasteiger partial charge in [0.15, 0.2) is 6.10 Å². The Morgan fingerprint density at radius 2 is 1.54 bits per heavy atom. The predicted molar refractivity (Wildman–Crippen MR) is 146 cm³/mol. The van der Waals surface area contributed by atoms with Crippen molar-refractivity contribution < 1.29 is 31.7 Å². The first-order chi connectivity index (χ1) is 18.8. The van der Waals surface area contributed by atoms with Crippen LogP contribution in [-0.4, -0.2) is 40.9 Å². The van der Waals surface area contributed by atoms with Crippen molar-refractivity contribution >= 4 is 13.6 Å². The number of halogens is 2. The maximum Gasteiger partial charge on any atom is 0.475 e. The highest BCUT2D eigenvalue weighted by atomic mass is 31.2. The highest BCUT2D eigenvalue weighted by Gasteiger charge is 2.65. The zero-order valence-corrected chi connectivity index (χ0v) is 24.1. The van der Waals surface area contributed by atoms with E-state index in [0.717, 1.165) is 25.5 Å². The Morgan fingerprint density at radius 1 is 1.00 bits per heavy atom. The van der Waals surface area contributed by atoms with Crippen molar-refractivity contribution in [3.63, 3.8) is 0 Å². The van der Waals surface area contributed by atoms with Gasteiger partial charge in [0.2, 0.25) is 6.23 Å². The summed E-state index contributed by atoms with van der Waals surface area (Å²) in [5, 5.41) is 0. The van der Waals surface area contributed by atoms with Gasteiger partial charge in [-0.15, -0.1) is 0 Å². The third kappa shape index (κ3) is 9.88. The minimum atomic E-state index is -4.17. The van der Waals surface area contributed by atoms with E-state index in [-0.39, 0.29) is 12.4 Å². The molecule has 0 radical (unpaired) electrons. The molecule has 0 amide bonds. The fraction of sp³-hybridized carbons (Fsp3) is 0.852. The number of nitrogens with zero attached hydrogens (tertiary/aromatic N) is 2. The molecule has 3 heterocycles. The van der Waals surface area contributed by atoms with E-state index in [2.05, 4.69) is 11.9 Å². The SMILES string of the molecule is CCCCCCCCCCCCCCCCCCOP1(=O)OC[C@H]2O[C@@H](n3ccc(N)nc3=O)C(F)(F)[C@@H]2O1. The molecule has 2 aliphatic rings. The molecule has 2 aliphatic heterocycles. The Bertz CT molecular complexity index is 966. The molecule has 1 unspecified atom stereocenters. The van der Waals surface area contributed by atoms with Crippen molar-refractivity contribution in [3.8, 4) is 0 Å². The summed E-state index contributed by atoms with van der Waals surface area (Å²) in [6.07, 6.45) is 15.6. The zero-order valence-electron chi connectivity index (χ0n) is 23.2. The van der Waals surface area contributed by atoms with E-state index in [1.807, 2.05) is 0 Å². The zero-order chi connectivity index (χ0) is 28.1. The smallest absolute Gasteiger partial charge is 0.383 e. The molecule has 0 spiro atoms. The topological polar surface area (TPSA) is 115 Å². The van der Waals surface area contributed by atoms with E-state index >= 15 is 8.78 Å². The van der Waals surface area contributed by atoms with Crippen molar-refractivity contribution in [2.75, 3.05) is 18.9 Å². The third-order valence-corrected chi connectivity index (χ3v) is 8.79. The standard InChI is InChI=1S/C27H46F2N3O6P/c1-2-3-4-5-6-7-8-9-10-11-12-13-14-15-16-17-20-35-39(34)36-21-22-24(38-39)27(28,29)25(37-22)32-19-18-23(30)31-26(32)33/h18-19,22,24-25H,2-17,20-21H2,1H3,(H2,30,31,33)/t22-,24-,25-,39?/m1/s1. The van der Waals surface area contributed by atoms with Crippen LogP contribution in [0.25, 0.3) is 0 Å². The van der Waals surface area contributed by atoms with Gasteiger partial charge in [0.05, 0.1) is 13.2 Å². The Balaban J connectivity index is 1.24. The Morgan fingerprint density at radius 3 is 2.08 bits per heavy atom. The Kier molecular flexibility index (Phi) is 13.3. The summed E-state index contributed by atoms with van der Waals surface area (Å²) in [4.78, 5) is 15.5. The maximum absolute atomic E-state index is 15.1. The molecule has 2 fully saturated rings. The summed E-state index contributed by atoms with van der Waals surface area (Å²) in [5.41, 5.74) is 4.45. The van der Waals surface area contributed by atoms with Crippen molar-refractivity contribution in [2.45, 2.75) is 134 Å². The van der Waals surface area contributed by atoms with Crippen LogP contribution in [0.15, 0.2) is 17.1 Å². The number of nitrogen functional groups attached to an aromatic ring is 1. The maximum atomic E-state index is 15.1. The Labute approximate surface area is 230 Å². The van der Waals surface area contributed by atoms with E-state index in [9.17, 15) is 9.36 Å². The number of rotatable bonds is 19. The first-order valence-electron chi connectivity index (χ1n) is 14.7. The fourth-order valence-corrected chi connectivity index (χ4v) is 6.50. The lowest BCUT2D eigenvalue weighted by Gasteiger charge is -2.31. The van der Waals surface area contributed by atoms with E-state index in [1.54, 1.807) is 0 Å². The summed E-state index contributed by atoms with van der Waals surface area (Å²) in [7, 11) is -4.17. The molecule has 3 rings (SSSR count). The third-order valence-electron chi connectivity index (χ3n) is 7.34. The fourth-order valence-electron chi connectivity index (χ4n) is 5.06. The molecular formula is C27H46F2N3O6P. The summed E-state index contributed by atoms with van der Waals surface area (Å²) in [6, 6.07) is 1.21. The van der Waals surface area contributed by atoms with Crippen LogP contribution in [0.4, 0.5) is 14.6 Å². The molecule has 2 N–H and O–H groups in total. The number of hydrogen-bond donors (Lipinski definition) is 1. The van der Waals surface area contributed by atoms with Gasteiger partial charge in [-0.1, -0.05) is 103 Å². The molecule has 224 valence electrons. The van der Waals surface area contributed by atoms with Gasteiger partial charge < -0.3 is 10.5 Å². The normalized spacial score (nSPS) is 26.1. The number of alkyl halides is 2. The first-order valence-corrected chi connectivity index (χ1v) is 16.2. The molecule has 9 nitrogen and oxygen atoms in total. The van der Waals surface area contributed by atoms with Crippen LogP contribution >= 0.6 is 7.82 Å². The lowest BCUT2D eigenvalue weighted by Crippen LogP contribution is -2.45. The predicted octanol–water partition coefficient (Wildman–Crippen LogP) is 7.16. The number of phosphoric ester groups is 1. The van der Waals surface area contributed by atoms with Crippen molar-refractivity contribution in [1.29, 1.82) is 0 Å². The van der Waals surface area contributed by atoms with E-state index < -0.39 is 44.5 Å². The van der Waals surface area contributed by atoms with Gasteiger partial charge in [0.25, 0.3) is 0 Å². The minimum absolute atomic E-state index is 0.0876. The summed E-state index contributed by atoms with van der Waals surface area (Å²) in [5.74, 6) is -3.76. The van der Waals surface area contributed by atoms with Crippen LogP contribution in [0.1, 0.15) is 116 Å². The molecule has 12 heteroatoms. The quantitative estimate of drug-likeness (QED) is 0.136. The van der Waals surface area contributed by atoms with Crippen molar-refractivity contribution in [1.82, 2.24) is 9.55 Å². The molecule has 0 saturated carbocycles. The van der Waals surface area contributed by atoms with Gasteiger partial charge in [0.1, 0.15) is 11.9 Å².